The molecule has 8 heteroatoms. The molecule has 2 aromatic carbocycles. The van der Waals surface area contributed by atoms with Gasteiger partial charge >= 0.3 is 0 Å². The van der Waals surface area contributed by atoms with Crippen molar-refractivity contribution >= 4 is 40.0 Å². The van der Waals surface area contributed by atoms with Crippen molar-refractivity contribution in [2.45, 2.75) is 33.2 Å². The van der Waals surface area contributed by atoms with E-state index in [2.05, 4.69) is 29.4 Å². The van der Waals surface area contributed by atoms with Crippen molar-refractivity contribution in [1.29, 1.82) is 0 Å². The Morgan fingerprint density at radius 3 is 2.58 bits per heavy atom. The number of hydrogen-bond donors (Lipinski definition) is 2. The van der Waals surface area contributed by atoms with Gasteiger partial charge < -0.3 is 15.0 Å². The van der Waals surface area contributed by atoms with Crippen molar-refractivity contribution in [1.82, 2.24) is 9.88 Å². The zero-order valence-corrected chi connectivity index (χ0v) is 18.3. The lowest BCUT2D eigenvalue weighted by Crippen LogP contribution is -2.25. The molecule has 2 amide bonds. The van der Waals surface area contributed by atoms with E-state index in [0.29, 0.717) is 36.0 Å². The van der Waals surface area contributed by atoms with Gasteiger partial charge in [-0.15, -0.1) is 10.2 Å². The molecule has 7 nitrogen and oxygen atoms in total. The van der Waals surface area contributed by atoms with Crippen LogP contribution in [0.25, 0.3) is 10.9 Å². The monoisotopic (exact) mass is 440 g/mol. The summed E-state index contributed by atoms with van der Waals surface area (Å²) in [5, 5.41) is 22.3. The Hall–Kier alpha value is -3.19. The standard InChI is InChI=1S/C23H25ClN4O3/c1-15(2)14-28-19-11-6-4-9-17(19)21(23(28)31)27-26-20(29)12-7-13-25-22(30)16-8-3-5-10-18(16)24/h3-6,8-11,15,31H,7,12-14H2,1-2H3,(H,25,30). The van der Waals surface area contributed by atoms with Crippen molar-refractivity contribution in [2.24, 2.45) is 16.1 Å². The summed E-state index contributed by atoms with van der Waals surface area (Å²) in [6, 6.07) is 14.3. The number of rotatable bonds is 8. The maximum Gasteiger partial charge on any atom is 0.264 e. The lowest BCUT2D eigenvalue weighted by Gasteiger charge is -2.09. The number of halogens is 1. The molecule has 0 unspecified atom stereocenters. The number of benzene rings is 2. The number of nitrogens with one attached hydrogen (secondary N) is 1. The summed E-state index contributed by atoms with van der Waals surface area (Å²) in [5.74, 6) is -0.387. The van der Waals surface area contributed by atoms with Crippen LogP contribution in [0.5, 0.6) is 5.88 Å². The van der Waals surface area contributed by atoms with E-state index in [4.69, 9.17) is 11.6 Å². The van der Waals surface area contributed by atoms with Crippen LogP contribution in [0, 0.1) is 5.92 Å². The largest absolute Gasteiger partial charge is 0.493 e. The van der Waals surface area contributed by atoms with Crippen molar-refractivity contribution < 1.29 is 14.7 Å². The first kappa shape index (κ1) is 22.5. The smallest absolute Gasteiger partial charge is 0.264 e. The Balaban J connectivity index is 1.59. The summed E-state index contributed by atoms with van der Waals surface area (Å²) < 4.78 is 1.78. The van der Waals surface area contributed by atoms with Crippen LogP contribution >= 0.6 is 11.6 Å². The highest BCUT2D eigenvalue weighted by molar-refractivity contribution is 6.33. The average Bonchev–Trinajstić information content (AvgIpc) is 3.00. The van der Waals surface area contributed by atoms with Crippen LogP contribution in [0.2, 0.25) is 5.02 Å². The lowest BCUT2D eigenvalue weighted by atomic mass is 10.2. The molecule has 3 aromatic rings. The van der Waals surface area contributed by atoms with E-state index in [-0.39, 0.29) is 23.9 Å². The maximum absolute atomic E-state index is 12.1. The number of para-hydroxylation sites is 1. The summed E-state index contributed by atoms with van der Waals surface area (Å²) in [7, 11) is 0. The number of amides is 2. The first-order valence-corrected chi connectivity index (χ1v) is 10.5. The van der Waals surface area contributed by atoms with Gasteiger partial charge in [0.05, 0.1) is 16.1 Å². The fourth-order valence-corrected chi connectivity index (χ4v) is 3.48. The van der Waals surface area contributed by atoms with Crippen LogP contribution in [0.15, 0.2) is 58.8 Å². The van der Waals surface area contributed by atoms with Gasteiger partial charge in [-0.05, 0) is 30.5 Å². The molecule has 0 radical (unpaired) electrons. The molecule has 2 N–H and O–H groups in total. The predicted molar refractivity (Wildman–Crippen MR) is 121 cm³/mol. The minimum Gasteiger partial charge on any atom is -0.493 e. The van der Waals surface area contributed by atoms with Gasteiger partial charge in [0.2, 0.25) is 5.88 Å². The third kappa shape index (κ3) is 5.49. The van der Waals surface area contributed by atoms with Gasteiger partial charge in [-0.3, -0.25) is 9.59 Å². The third-order valence-electron chi connectivity index (χ3n) is 4.70. The second kappa shape index (κ2) is 10.2. The molecule has 0 atom stereocenters. The number of nitrogens with zero attached hydrogens (tertiary/aromatic N) is 3. The molecule has 3 rings (SSSR count). The van der Waals surface area contributed by atoms with Gasteiger partial charge in [-0.2, -0.15) is 0 Å². The van der Waals surface area contributed by atoms with Crippen molar-refractivity contribution in [2.75, 3.05) is 6.54 Å². The summed E-state index contributed by atoms with van der Waals surface area (Å²) in [6.45, 7) is 5.05. The van der Waals surface area contributed by atoms with Gasteiger partial charge in [0.25, 0.3) is 11.8 Å². The zero-order chi connectivity index (χ0) is 22.4. The molecule has 0 spiro atoms. The van der Waals surface area contributed by atoms with Gasteiger partial charge in [0.15, 0.2) is 5.69 Å². The number of aromatic hydroxyl groups is 1. The fraction of sp³-hybridized carbons (Fsp3) is 0.304. The molecule has 0 fully saturated rings. The molecule has 0 saturated carbocycles. The molecule has 0 aliphatic rings. The number of azo groups is 1. The van der Waals surface area contributed by atoms with E-state index in [1.165, 1.54) is 0 Å². The second-order valence-electron chi connectivity index (χ2n) is 7.63. The number of carbonyl (C=O) groups is 2. The SMILES string of the molecule is CC(C)Cn1c(O)c(N=NC(=O)CCCNC(=O)c2ccccc2Cl)c2ccccc21. The Labute approximate surface area is 185 Å². The van der Waals surface area contributed by atoms with Crippen molar-refractivity contribution in [3.05, 3.63) is 59.1 Å². The molecular weight excluding hydrogens is 416 g/mol. The van der Waals surface area contributed by atoms with E-state index in [9.17, 15) is 14.7 Å². The molecule has 1 aromatic heterocycles. The second-order valence-corrected chi connectivity index (χ2v) is 8.03. The Kier molecular flexibility index (Phi) is 7.41. The molecule has 0 aliphatic heterocycles. The molecule has 0 saturated heterocycles. The highest BCUT2D eigenvalue weighted by Gasteiger charge is 2.17. The van der Waals surface area contributed by atoms with E-state index in [1.807, 2.05) is 24.3 Å². The first-order valence-electron chi connectivity index (χ1n) is 10.2. The Bertz CT molecular complexity index is 1120. The van der Waals surface area contributed by atoms with Crippen LogP contribution < -0.4 is 5.32 Å². The predicted octanol–water partition coefficient (Wildman–Crippen LogP) is 5.48. The van der Waals surface area contributed by atoms with Crippen molar-refractivity contribution in [3.63, 3.8) is 0 Å². The Morgan fingerprint density at radius 1 is 1.13 bits per heavy atom. The van der Waals surface area contributed by atoms with E-state index < -0.39 is 5.91 Å². The average molecular weight is 441 g/mol. The first-order chi connectivity index (χ1) is 14.9. The van der Waals surface area contributed by atoms with E-state index in [0.717, 1.165) is 10.9 Å². The van der Waals surface area contributed by atoms with Gasteiger partial charge in [-0.1, -0.05) is 55.8 Å². The van der Waals surface area contributed by atoms with E-state index in [1.54, 1.807) is 28.8 Å². The third-order valence-corrected chi connectivity index (χ3v) is 5.03. The van der Waals surface area contributed by atoms with Crippen LogP contribution in [-0.4, -0.2) is 28.0 Å². The summed E-state index contributed by atoms with van der Waals surface area (Å²) in [4.78, 5) is 24.2. The minimum absolute atomic E-state index is 0.00143. The van der Waals surface area contributed by atoms with Crippen LogP contribution in [-0.2, 0) is 11.3 Å². The van der Waals surface area contributed by atoms with Crippen LogP contribution in [0.1, 0.15) is 37.0 Å². The minimum atomic E-state index is -0.424. The highest BCUT2D eigenvalue weighted by Crippen LogP contribution is 2.39. The van der Waals surface area contributed by atoms with Gasteiger partial charge in [0.1, 0.15) is 0 Å². The zero-order valence-electron chi connectivity index (χ0n) is 17.5. The summed E-state index contributed by atoms with van der Waals surface area (Å²) >= 11 is 6.00. The van der Waals surface area contributed by atoms with Crippen LogP contribution in [0.3, 0.4) is 0 Å². The highest BCUT2D eigenvalue weighted by atomic mass is 35.5. The Morgan fingerprint density at radius 2 is 1.84 bits per heavy atom. The normalized spacial score (nSPS) is 11.5. The topological polar surface area (TPSA) is 96.0 Å². The van der Waals surface area contributed by atoms with Gasteiger partial charge in [0, 0.05) is 24.9 Å². The van der Waals surface area contributed by atoms with Crippen molar-refractivity contribution in [3.8, 4) is 5.88 Å². The van der Waals surface area contributed by atoms with E-state index >= 15 is 0 Å². The molecule has 0 bridgehead atoms. The summed E-state index contributed by atoms with van der Waals surface area (Å²) in [6.07, 6.45) is 0.535. The molecule has 0 aliphatic carbocycles. The molecular formula is C23H25ClN4O3. The molecule has 1 heterocycles. The fourth-order valence-electron chi connectivity index (χ4n) is 3.26. The maximum atomic E-state index is 12.1. The number of hydrogen-bond acceptors (Lipinski definition) is 4. The number of carbonyl (C=O) groups excluding carboxylic acids is 2. The quantitative estimate of drug-likeness (QED) is 0.358. The molecule has 162 valence electrons. The lowest BCUT2D eigenvalue weighted by molar-refractivity contribution is -0.118. The number of aromatic nitrogens is 1. The number of fused-ring (bicyclic) bond motifs is 1. The van der Waals surface area contributed by atoms with Crippen LogP contribution in [0.4, 0.5) is 5.69 Å². The summed E-state index contributed by atoms with van der Waals surface area (Å²) in [5.41, 5.74) is 1.53. The molecule has 31 heavy (non-hydrogen) atoms. The van der Waals surface area contributed by atoms with Gasteiger partial charge in [-0.25, -0.2) is 0 Å².